The summed E-state index contributed by atoms with van der Waals surface area (Å²) in [6.07, 6.45) is 6.09. The van der Waals surface area contributed by atoms with Crippen molar-refractivity contribution in [2.45, 2.75) is 31.7 Å². The lowest BCUT2D eigenvalue weighted by molar-refractivity contribution is 0.317. The molecule has 0 saturated carbocycles. The highest BCUT2D eigenvalue weighted by molar-refractivity contribution is 7.88. The second kappa shape index (κ2) is 8.43. The lowest BCUT2D eigenvalue weighted by Gasteiger charge is -2.30. The number of rotatable bonds is 6. The van der Waals surface area contributed by atoms with E-state index < -0.39 is 10.0 Å². The number of hydrogen-bond acceptors (Lipinski definition) is 6. The first-order chi connectivity index (χ1) is 15.8. The van der Waals surface area contributed by atoms with Crippen LogP contribution >= 0.6 is 11.6 Å². The molecule has 0 bridgehead atoms. The Morgan fingerprint density at radius 1 is 1.18 bits per heavy atom. The van der Waals surface area contributed by atoms with Crippen LogP contribution in [0.15, 0.2) is 35.4 Å². The van der Waals surface area contributed by atoms with Crippen LogP contribution in [-0.4, -0.2) is 66.8 Å². The monoisotopic (exact) mass is 490 g/mol. The fraction of sp³-hybridized carbons (Fsp3) is 0.400. The van der Waals surface area contributed by atoms with Crippen molar-refractivity contribution in [2.24, 2.45) is 0 Å². The Morgan fingerprint density at radius 3 is 2.61 bits per heavy atom. The summed E-state index contributed by atoms with van der Waals surface area (Å²) in [5.41, 5.74) is 2.65. The number of aromatic amines is 2. The van der Waals surface area contributed by atoms with Crippen molar-refractivity contribution in [3.8, 4) is 5.95 Å². The average Bonchev–Trinajstić information content (AvgIpc) is 3.50. The predicted molar refractivity (Wildman–Crippen MR) is 123 cm³/mol. The molecule has 13 heteroatoms. The molecule has 0 atom stereocenters. The summed E-state index contributed by atoms with van der Waals surface area (Å²) < 4.78 is 26.7. The molecule has 0 unspecified atom stereocenters. The molecule has 1 aliphatic rings. The maximum atomic E-state index is 13.4. The number of halogens is 1. The van der Waals surface area contributed by atoms with Gasteiger partial charge in [0, 0.05) is 41.7 Å². The zero-order valence-corrected chi connectivity index (χ0v) is 19.5. The van der Waals surface area contributed by atoms with Gasteiger partial charge >= 0.3 is 0 Å². The molecule has 3 aromatic heterocycles. The van der Waals surface area contributed by atoms with Crippen molar-refractivity contribution >= 4 is 32.7 Å². The number of benzene rings is 1. The Kier molecular flexibility index (Phi) is 5.59. The molecule has 2 N–H and O–H groups in total. The average molecular weight is 491 g/mol. The van der Waals surface area contributed by atoms with Crippen LogP contribution < -0.4 is 5.56 Å². The third-order valence-electron chi connectivity index (χ3n) is 6.02. The number of aryl methyl sites for hydroxylation is 1. The Hall–Kier alpha value is -2.96. The van der Waals surface area contributed by atoms with Crippen LogP contribution in [0.5, 0.6) is 0 Å². The molecule has 11 nitrogen and oxygen atoms in total. The van der Waals surface area contributed by atoms with Gasteiger partial charge in [-0.05, 0) is 31.0 Å². The van der Waals surface area contributed by atoms with Crippen LogP contribution in [0.3, 0.4) is 0 Å². The molecule has 0 amide bonds. The number of sulfonamides is 1. The Labute approximate surface area is 194 Å². The van der Waals surface area contributed by atoms with Gasteiger partial charge in [-0.3, -0.25) is 9.89 Å². The molecule has 0 spiro atoms. The highest BCUT2D eigenvalue weighted by atomic mass is 35.5. The standard InChI is InChI=1S/C20H23ClN8O3S/c1-33(31,32)27-9-4-13(5-10-27)18-15(6-11-28-22-7-8-23-28)19(30)29(26-18)20-24-16-3-2-14(21)12-17(16)25-20/h2-3,7-8,12-13,26H,4-6,9-11H2,1H3,(H,24,25). The summed E-state index contributed by atoms with van der Waals surface area (Å²) in [4.78, 5) is 22.7. The third kappa shape index (κ3) is 4.33. The molecule has 0 radical (unpaired) electrons. The van der Waals surface area contributed by atoms with E-state index in [1.54, 1.807) is 30.6 Å². The molecule has 174 valence electrons. The van der Waals surface area contributed by atoms with Gasteiger partial charge in [0.1, 0.15) is 0 Å². The van der Waals surface area contributed by atoms with E-state index in [1.807, 2.05) is 0 Å². The minimum Gasteiger partial charge on any atom is -0.322 e. The number of aromatic nitrogens is 7. The van der Waals surface area contributed by atoms with Crippen molar-refractivity contribution < 1.29 is 8.42 Å². The number of nitrogens with one attached hydrogen (secondary N) is 2. The number of fused-ring (bicyclic) bond motifs is 1. The van der Waals surface area contributed by atoms with Gasteiger partial charge in [0.25, 0.3) is 5.56 Å². The summed E-state index contributed by atoms with van der Waals surface area (Å²) >= 11 is 6.08. The molecule has 4 aromatic rings. The van der Waals surface area contributed by atoms with E-state index >= 15 is 0 Å². The fourth-order valence-corrected chi connectivity index (χ4v) is 5.38. The zero-order valence-electron chi connectivity index (χ0n) is 17.9. The molecule has 1 saturated heterocycles. The Bertz CT molecular complexity index is 1450. The van der Waals surface area contributed by atoms with E-state index in [1.165, 1.54) is 20.0 Å². The lowest BCUT2D eigenvalue weighted by Crippen LogP contribution is -2.37. The van der Waals surface area contributed by atoms with Crippen LogP contribution in [0.1, 0.15) is 30.0 Å². The second-order valence-electron chi connectivity index (χ2n) is 8.18. The first-order valence-corrected chi connectivity index (χ1v) is 12.8. The van der Waals surface area contributed by atoms with Crippen molar-refractivity contribution in [3.63, 3.8) is 0 Å². The van der Waals surface area contributed by atoms with Gasteiger partial charge in [0.15, 0.2) is 0 Å². The summed E-state index contributed by atoms with van der Waals surface area (Å²) in [5.74, 6) is 0.395. The van der Waals surface area contributed by atoms with Crippen molar-refractivity contribution in [1.29, 1.82) is 0 Å². The van der Waals surface area contributed by atoms with E-state index in [2.05, 4.69) is 25.3 Å². The van der Waals surface area contributed by atoms with Gasteiger partial charge in [0.2, 0.25) is 16.0 Å². The minimum atomic E-state index is -3.24. The van der Waals surface area contributed by atoms with E-state index in [-0.39, 0.29) is 11.5 Å². The molecule has 4 heterocycles. The number of piperidine rings is 1. The molecule has 1 fully saturated rings. The quantitative estimate of drug-likeness (QED) is 0.422. The first-order valence-electron chi connectivity index (χ1n) is 10.6. The SMILES string of the molecule is CS(=O)(=O)N1CCC(c2[nH]n(-c3nc4ccc(Cl)cc4[nH]3)c(=O)c2CCn2nccn2)CC1. The molecule has 0 aliphatic carbocycles. The smallest absolute Gasteiger partial charge is 0.277 e. The number of nitrogens with zero attached hydrogens (tertiary/aromatic N) is 6. The summed E-state index contributed by atoms with van der Waals surface area (Å²) in [5, 5.41) is 12.1. The normalized spacial score (nSPS) is 16.1. The summed E-state index contributed by atoms with van der Waals surface area (Å²) in [6.45, 7) is 1.28. The van der Waals surface area contributed by atoms with Crippen molar-refractivity contribution in [3.05, 3.63) is 57.2 Å². The highest BCUT2D eigenvalue weighted by Crippen LogP contribution is 2.30. The number of hydrogen-bond donors (Lipinski definition) is 2. The van der Waals surface area contributed by atoms with Gasteiger partial charge < -0.3 is 4.98 Å². The molecule has 1 aliphatic heterocycles. The summed E-state index contributed by atoms with van der Waals surface area (Å²) in [6, 6.07) is 5.29. The lowest BCUT2D eigenvalue weighted by atomic mass is 9.91. The highest BCUT2D eigenvalue weighted by Gasteiger charge is 2.30. The van der Waals surface area contributed by atoms with Crippen LogP contribution in [0, 0.1) is 0 Å². The van der Waals surface area contributed by atoms with E-state index in [0.29, 0.717) is 60.9 Å². The van der Waals surface area contributed by atoms with E-state index in [9.17, 15) is 13.2 Å². The van der Waals surface area contributed by atoms with E-state index in [4.69, 9.17) is 11.6 Å². The molecule has 1 aromatic carbocycles. The van der Waals surface area contributed by atoms with Crippen LogP contribution in [0.25, 0.3) is 17.0 Å². The maximum Gasteiger partial charge on any atom is 0.277 e. The molecule has 33 heavy (non-hydrogen) atoms. The van der Waals surface area contributed by atoms with Gasteiger partial charge in [-0.2, -0.15) is 19.7 Å². The van der Waals surface area contributed by atoms with Gasteiger partial charge in [0.05, 0.1) is 36.2 Å². The van der Waals surface area contributed by atoms with Gasteiger partial charge in [-0.15, -0.1) is 0 Å². The van der Waals surface area contributed by atoms with Crippen molar-refractivity contribution in [1.82, 2.24) is 39.0 Å². The first kappa shape index (κ1) is 21.9. The molecular weight excluding hydrogens is 468 g/mol. The fourth-order valence-electron chi connectivity index (χ4n) is 4.34. The maximum absolute atomic E-state index is 13.4. The predicted octanol–water partition coefficient (Wildman–Crippen LogP) is 1.67. The minimum absolute atomic E-state index is 0.0244. The van der Waals surface area contributed by atoms with Crippen LogP contribution in [0.2, 0.25) is 5.02 Å². The Balaban J connectivity index is 1.51. The second-order valence-corrected chi connectivity index (χ2v) is 10.6. The third-order valence-corrected chi connectivity index (χ3v) is 7.56. The largest absolute Gasteiger partial charge is 0.322 e. The van der Waals surface area contributed by atoms with Gasteiger partial charge in [-0.25, -0.2) is 17.7 Å². The topological polar surface area (TPSA) is 135 Å². The van der Waals surface area contributed by atoms with Crippen LogP contribution in [-0.2, 0) is 23.0 Å². The Morgan fingerprint density at radius 2 is 1.91 bits per heavy atom. The number of imidazole rings is 1. The number of H-pyrrole nitrogens is 2. The van der Waals surface area contributed by atoms with E-state index in [0.717, 1.165) is 11.2 Å². The molecule has 5 rings (SSSR count). The van der Waals surface area contributed by atoms with Crippen LogP contribution in [0.4, 0.5) is 0 Å². The van der Waals surface area contributed by atoms with Gasteiger partial charge in [-0.1, -0.05) is 11.6 Å². The zero-order chi connectivity index (χ0) is 23.2. The van der Waals surface area contributed by atoms with Crippen molar-refractivity contribution in [2.75, 3.05) is 19.3 Å². The molecular formula is C20H23ClN8O3S. The summed E-state index contributed by atoms with van der Waals surface area (Å²) in [7, 11) is -3.24.